The zero-order valence-electron chi connectivity index (χ0n) is 16.6. The van der Waals surface area contributed by atoms with Crippen molar-refractivity contribution in [2.75, 3.05) is 32.7 Å². The Morgan fingerprint density at radius 2 is 1.96 bits per heavy atom. The third kappa shape index (κ3) is 4.81. The predicted molar refractivity (Wildman–Crippen MR) is 111 cm³/mol. The first kappa shape index (κ1) is 21.0. The van der Waals surface area contributed by atoms with Gasteiger partial charge in [-0.15, -0.1) is 11.3 Å². The van der Waals surface area contributed by atoms with Crippen molar-refractivity contribution in [2.45, 2.75) is 31.7 Å². The lowest BCUT2D eigenvalue weighted by atomic mass is 10.2. The van der Waals surface area contributed by atoms with E-state index >= 15 is 0 Å². The minimum Gasteiger partial charge on any atom is -0.344 e. The molecular weight excluding hydrogens is 394 g/mol. The lowest BCUT2D eigenvalue weighted by Gasteiger charge is -2.31. The molecule has 2 heterocycles. The number of nitrogens with zero attached hydrogens (tertiary/aromatic N) is 1. The molecule has 0 aliphatic carbocycles. The van der Waals surface area contributed by atoms with Crippen molar-refractivity contribution in [3.05, 3.63) is 51.7 Å². The van der Waals surface area contributed by atoms with Crippen LogP contribution in [-0.4, -0.2) is 51.4 Å². The fourth-order valence-corrected chi connectivity index (χ4v) is 5.96. The van der Waals surface area contributed by atoms with Crippen molar-refractivity contribution in [1.29, 1.82) is 0 Å². The molecule has 1 aliphatic rings. The van der Waals surface area contributed by atoms with E-state index in [4.69, 9.17) is 0 Å². The molecule has 1 saturated heterocycles. The van der Waals surface area contributed by atoms with E-state index in [2.05, 4.69) is 5.32 Å². The molecule has 0 unspecified atom stereocenters. The average molecular weight is 423 g/mol. The third-order valence-electron chi connectivity index (χ3n) is 5.14. The van der Waals surface area contributed by atoms with Gasteiger partial charge in [-0.05, 0) is 43.8 Å². The fourth-order valence-electron chi connectivity index (χ4n) is 3.58. The molecule has 1 fully saturated rings. The van der Waals surface area contributed by atoms with Crippen molar-refractivity contribution in [3.63, 3.8) is 0 Å². The summed E-state index contributed by atoms with van der Waals surface area (Å²) in [6.45, 7) is 8.25. The summed E-state index contributed by atoms with van der Waals surface area (Å²) in [6, 6.07) is 9.41. The molecule has 0 bridgehead atoms. The summed E-state index contributed by atoms with van der Waals surface area (Å²) in [4.78, 5) is 15.0. The van der Waals surface area contributed by atoms with E-state index in [0.29, 0.717) is 37.6 Å². The summed E-state index contributed by atoms with van der Waals surface area (Å²) in [5.41, 5.74) is 1.82. The van der Waals surface area contributed by atoms with Crippen LogP contribution < -0.4 is 10.2 Å². The van der Waals surface area contributed by atoms with Gasteiger partial charge in [0.2, 0.25) is 10.0 Å². The maximum Gasteiger partial charge on any atom is 0.275 e. The van der Waals surface area contributed by atoms with E-state index in [-0.39, 0.29) is 11.9 Å². The van der Waals surface area contributed by atoms with Crippen LogP contribution in [0.3, 0.4) is 0 Å². The van der Waals surface area contributed by atoms with Crippen molar-refractivity contribution in [2.24, 2.45) is 0 Å². The number of amides is 1. The summed E-state index contributed by atoms with van der Waals surface area (Å²) in [5, 5.41) is 5.03. The van der Waals surface area contributed by atoms with Crippen molar-refractivity contribution >= 4 is 27.3 Å². The largest absolute Gasteiger partial charge is 0.344 e. The highest BCUT2D eigenvalue weighted by Gasteiger charge is 2.32. The lowest BCUT2D eigenvalue weighted by molar-refractivity contribution is -0.895. The van der Waals surface area contributed by atoms with Crippen LogP contribution in [0.15, 0.2) is 40.6 Å². The van der Waals surface area contributed by atoms with Crippen molar-refractivity contribution in [1.82, 2.24) is 9.62 Å². The van der Waals surface area contributed by atoms with E-state index in [1.807, 2.05) is 50.4 Å². The second-order valence-electron chi connectivity index (χ2n) is 7.40. The van der Waals surface area contributed by atoms with Crippen LogP contribution in [0.4, 0.5) is 0 Å². The number of carbonyl (C=O) groups is 1. The first-order valence-electron chi connectivity index (χ1n) is 9.51. The minimum atomic E-state index is -3.49. The molecular formula is C20H28N3O3S2+. The van der Waals surface area contributed by atoms with E-state index in [1.54, 1.807) is 21.7 Å². The Hall–Kier alpha value is -1.74. The SMILES string of the molecule is Cc1ccc(S(=O)(=O)N2CC[NH+](CC(=O)N[C@@H](C)c3cccs3)CC2)c(C)c1. The van der Waals surface area contributed by atoms with Crippen LogP contribution in [0.2, 0.25) is 0 Å². The summed E-state index contributed by atoms with van der Waals surface area (Å²) in [5.74, 6) is 0.00147. The zero-order chi connectivity index (χ0) is 20.3. The number of quaternary nitrogens is 1. The molecule has 1 aromatic carbocycles. The minimum absolute atomic E-state index is 0.00147. The molecule has 2 aromatic rings. The summed E-state index contributed by atoms with van der Waals surface area (Å²) >= 11 is 1.63. The number of carbonyl (C=O) groups excluding carboxylic acids is 1. The smallest absolute Gasteiger partial charge is 0.275 e. The maximum atomic E-state index is 13.0. The second-order valence-corrected chi connectivity index (χ2v) is 10.3. The van der Waals surface area contributed by atoms with Gasteiger partial charge in [-0.3, -0.25) is 4.79 Å². The summed E-state index contributed by atoms with van der Waals surface area (Å²) < 4.78 is 27.5. The first-order valence-corrected chi connectivity index (χ1v) is 11.8. The number of thiophene rings is 1. The van der Waals surface area contributed by atoms with Crippen LogP contribution in [0, 0.1) is 13.8 Å². The Morgan fingerprint density at radius 3 is 2.57 bits per heavy atom. The highest BCUT2D eigenvalue weighted by molar-refractivity contribution is 7.89. The fraction of sp³-hybridized carbons (Fsp3) is 0.450. The van der Waals surface area contributed by atoms with Gasteiger partial charge in [0.1, 0.15) is 0 Å². The first-order chi connectivity index (χ1) is 13.3. The van der Waals surface area contributed by atoms with Gasteiger partial charge in [-0.1, -0.05) is 23.8 Å². The highest BCUT2D eigenvalue weighted by atomic mass is 32.2. The van der Waals surface area contributed by atoms with Crippen molar-refractivity contribution in [3.8, 4) is 0 Å². The molecule has 8 heteroatoms. The number of hydrogen-bond acceptors (Lipinski definition) is 4. The Morgan fingerprint density at radius 1 is 1.25 bits per heavy atom. The van der Waals surface area contributed by atoms with Gasteiger partial charge in [0.15, 0.2) is 6.54 Å². The number of rotatable bonds is 6. The number of aryl methyl sites for hydroxylation is 2. The Balaban J connectivity index is 1.54. The van der Waals surface area contributed by atoms with Crippen molar-refractivity contribution < 1.29 is 18.1 Å². The van der Waals surface area contributed by atoms with Gasteiger partial charge in [0, 0.05) is 4.88 Å². The molecule has 152 valence electrons. The monoisotopic (exact) mass is 422 g/mol. The average Bonchev–Trinajstić information content (AvgIpc) is 3.16. The molecule has 1 atom stereocenters. The maximum absolute atomic E-state index is 13.0. The molecule has 2 N–H and O–H groups in total. The Labute approximate surface area is 171 Å². The molecule has 0 spiro atoms. The lowest BCUT2D eigenvalue weighted by Crippen LogP contribution is -3.15. The molecule has 1 amide bonds. The van der Waals surface area contributed by atoms with E-state index in [0.717, 1.165) is 20.9 Å². The summed E-state index contributed by atoms with van der Waals surface area (Å²) in [7, 11) is -3.49. The molecule has 28 heavy (non-hydrogen) atoms. The van der Waals surface area contributed by atoms with Crippen LogP contribution in [0.1, 0.15) is 29.0 Å². The normalized spacial score (nSPS) is 17.4. The number of hydrogen-bond donors (Lipinski definition) is 2. The number of nitrogens with one attached hydrogen (secondary N) is 2. The van der Waals surface area contributed by atoms with E-state index < -0.39 is 10.0 Å². The van der Waals surface area contributed by atoms with Crippen LogP contribution in [0.5, 0.6) is 0 Å². The Kier molecular flexibility index (Phi) is 6.54. The van der Waals surface area contributed by atoms with Crippen LogP contribution in [-0.2, 0) is 14.8 Å². The topological polar surface area (TPSA) is 70.9 Å². The number of piperazine rings is 1. The van der Waals surface area contributed by atoms with Crippen LogP contribution >= 0.6 is 11.3 Å². The standard InChI is InChI=1S/C20H27N3O3S2/c1-15-6-7-19(16(2)13-15)28(25,26)23-10-8-22(9-11-23)14-20(24)21-17(3)18-5-4-12-27-18/h4-7,12-13,17H,8-11,14H2,1-3H3,(H,21,24)/p+1/t17-/m0/s1. The van der Waals surface area contributed by atoms with Gasteiger partial charge in [0.05, 0.1) is 37.1 Å². The zero-order valence-corrected chi connectivity index (χ0v) is 18.2. The van der Waals surface area contributed by atoms with Crippen LogP contribution in [0.25, 0.3) is 0 Å². The summed E-state index contributed by atoms with van der Waals surface area (Å²) in [6.07, 6.45) is 0. The van der Waals surface area contributed by atoms with E-state index in [9.17, 15) is 13.2 Å². The number of sulfonamides is 1. The molecule has 6 nitrogen and oxygen atoms in total. The molecule has 3 rings (SSSR count). The molecule has 0 radical (unpaired) electrons. The number of benzene rings is 1. The molecule has 1 aromatic heterocycles. The van der Waals surface area contributed by atoms with Gasteiger partial charge in [0.25, 0.3) is 5.91 Å². The third-order valence-corrected chi connectivity index (χ3v) is 8.25. The van der Waals surface area contributed by atoms with Gasteiger partial charge < -0.3 is 10.2 Å². The van der Waals surface area contributed by atoms with Gasteiger partial charge in [-0.2, -0.15) is 4.31 Å². The molecule has 1 aliphatic heterocycles. The molecule has 0 saturated carbocycles. The van der Waals surface area contributed by atoms with Gasteiger partial charge >= 0.3 is 0 Å². The van der Waals surface area contributed by atoms with Gasteiger partial charge in [-0.25, -0.2) is 8.42 Å². The Bertz CT molecular complexity index is 918. The van der Waals surface area contributed by atoms with E-state index in [1.165, 1.54) is 0 Å². The quantitative estimate of drug-likeness (QED) is 0.733. The predicted octanol–water partition coefficient (Wildman–Crippen LogP) is 1.13. The highest BCUT2D eigenvalue weighted by Crippen LogP contribution is 2.21. The second kappa shape index (κ2) is 8.73.